The molecule has 3 rings (SSSR count). The van der Waals surface area contributed by atoms with E-state index < -0.39 is 0 Å². The molecule has 23 heavy (non-hydrogen) atoms. The lowest BCUT2D eigenvalue weighted by Gasteiger charge is -2.24. The third-order valence-electron chi connectivity index (χ3n) is 4.49. The number of nitrogens with zero attached hydrogens (tertiary/aromatic N) is 1. The maximum Gasteiger partial charge on any atom is 0.120 e. The summed E-state index contributed by atoms with van der Waals surface area (Å²) in [5, 5.41) is 9.19. The van der Waals surface area contributed by atoms with Crippen LogP contribution in [-0.2, 0) is 13.2 Å². The van der Waals surface area contributed by atoms with E-state index in [1.54, 1.807) is 0 Å². The zero-order chi connectivity index (χ0) is 15.9. The normalized spacial score (nSPS) is 18.2. The van der Waals surface area contributed by atoms with Gasteiger partial charge in [0.05, 0.1) is 0 Å². The van der Waals surface area contributed by atoms with Crippen LogP contribution in [0.5, 0.6) is 5.75 Å². The van der Waals surface area contributed by atoms with Crippen LogP contribution in [0.1, 0.15) is 30.4 Å². The van der Waals surface area contributed by atoms with Crippen molar-refractivity contribution in [2.24, 2.45) is 0 Å². The maximum absolute atomic E-state index is 9.19. The van der Waals surface area contributed by atoms with Gasteiger partial charge in [-0.25, -0.2) is 0 Å². The first kappa shape index (κ1) is 16.0. The molecule has 1 heterocycles. The Morgan fingerprint density at radius 3 is 2.70 bits per heavy atom. The second kappa shape index (κ2) is 8.14. The Kier molecular flexibility index (Phi) is 5.67. The molecule has 0 spiro atoms. The van der Waals surface area contributed by atoms with Gasteiger partial charge in [0, 0.05) is 19.2 Å². The second-order valence-electron chi connectivity index (χ2n) is 6.20. The van der Waals surface area contributed by atoms with Crippen LogP contribution < -0.4 is 4.74 Å². The van der Waals surface area contributed by atoms with Gasteiger partial charge in [0.25, 0.3) is 0 Å². The lowest BCUT2D eigenvalue weighted by atomic mass is 10.1. The molecule has 1 saturated heterocycles. The largest absolute Gasteiger partial charge is 0.489 e. The predicted molar refractivity (Wildman–Crippen MR) is 92.4 cm³/mol. The molecule has 0 amide bonds. The van der Waals surface area contributed by atoms with Gasteiger partial charge in [-0.15, -0.1) is 0 Å². The van der Waals surface area contributed by atoms with Crippen molar-refractivity contribution in [1.29, 1.82) is 0 Å². The molecule has 3 nitrogen and oxygen atoms in total. The minimum Gasteiger partial charge on any atom is -0.489 e. The molecule has 0 bridgehead atoms. The smallest absolute Gasteiger partial charge is 0.120 e. The van der Waals surface area contributed by atoms with Crippen molar-refractivity contribution in [3.05, 3.63) is 65.7 Å². The van der Waals surface area contributed by atoms with Crippen LogP contribution in [0.15, 0.2) is 54.6 Å². The Balaban J connectivity index is 1.59. The number of likely N-dealkylation sites (tertiary alicyclic amines) is 1. The molecule has 1 aliphatic rings. The molecule has 3 heteroatoms. The van der Waals surface area contributed by atoms with Crippen LogP contribution in [0.2, 0.25) is 0 Å². The lowest BCUT2D eigenvalue weighted by Crippen LogP contribution is -2.29. The summed E-state index contributed by atoms with van der Waals surface area (Å²) in [6.45, 7) is 2.94. The number of hydrogen-bond donors (Lipinski definition) is 1. The number of rotatable bonds is 7. The zero-order valence-electron chi connectivity index (χ0n) is 13.5. The second-order valence-corrected chi connectivity index (χ2v) is 6.20. The Morgan fingerprint density at radius 1 is 1.04 bits per heavy atom. The van der Waals surface area contributed by atoms with Gasteiger partial charge < -0.3 is 9.84 Å². The van der Waals surface area contributed by atoms with E-state index in [0.29, 0.717) is 12.6 Å². The number of aliphatic hydroxyl groups excluding tert-OH is 1. The van der Waals surface area contributed by atoms with Gasteiger partial charge in [0.1, 0.15) is 12.4 Å². The molecule has 1 aliphatic heterocycles. The lowest BCUT2D eigenvalue weighted by molar-refractivity contribution is 0.189. The van der Waals surface area contributed by atoms with Crippen molar-refractivity contribution in [1.82, 2.24) is 4.90 Å². The van der Waals surface area contributed by atoms with Crippen LogP contribution in [0.4, 0.5) is 0 Å². The third-order valence-corrected chi connectivity index (χ3v) is 4.49. The van der Waals surface area contributed by atoms with Crippen molar-refractivity contribution < 1.29 is 9.84 Å². The first-order valence-corrected chi connectivity index (χ1v) is 8.46. The van der Waals surface area contributed by atoms with Crippen LogP contribution in [-0.4, -0.2) is 29.2 Å². The van der Waals surface area contributed by atoms with Crippen molar-refractivity contribution >= 4 is 0 Å². The fourth-order valence-corrected chi connectivity index (χ4v) is 3.29. The highest BCUT2D eigenvalue weighted by Crippen LogP contribution is 2.24. The summed E-state index contributed by atoms with van der Waals surface area (Å²) in [5.74, 6) is 0.921. The summed E-state index contributed by atoms with van der Waals surface area (Å²) in [6, 6.07) is 19.1. The van der Waals surface area contributed by atoms with E-state index in [0.717, 1.165) is 25.3 Å². The summed E-state index contributed by atoms with van der Waals surface area (Å²) >= 11 is 0. The highest BCUT2D eigenvalue weighted by Gasteiger charge is 2.23. The van der Waals surface area contributed by atoms with Crippen LogP contribution in [0, 0.1) is 0 Å². The molecule has 2 aromatic rings. The molecule has 1 fully saturated rings. The molecule has 1 atom stereocenters. The SMILES string of the molecule is OCC[C@@H]1CCCN1Cc1cccc(OCc2ccccc2)c1. The quantitative estimate of drug-likeness (QED) is 0.848. The minimum absolute atomic E-state index is 0.279. The molecular weight excluding hydrogens is 286 g/mol. The van der Waals surface area contributed by atoms with Crippen LogP contribution in [0.3, 0.4) is 0 Å². The monoisotopic (exact) mass is 311 g/mol. The molecular formula is C20H25NO2. The van der Waals surface area contributed by atoms with Crippen molar-refractivity contribution in [3.63, 3.8) is 0 Å². The van der Waals surface area contributed by atoms with Crippen LogP contribution >= 0.6 is 0 Å². The van der Waals surface area contributed by atoms with Gasteiger partial charge in [-0.2, -0.15) is 0 Å². The maximum atomic E-state index is 9.19. The number of ether oxygens (including phenoxy) is 1. The third kappa shape index (κ3) is 4.57. The van der Waals surface area contributed by atoms with Gasteiger partial charge in [0.2, 0.25) is 0 Å². The van der Waals surface area contributed by atoms with E-state index in [4.69, 9.17) is 4.74 Å². The van der Waals surface area contributed by atoms with Gasteiger partial charge >= 0.3 is 0 Å². The molecule has 2 aromatic carbocycles. The average molecular weight is 311 g/mol. The fourth-order valence-electron chi connectivity index (χ4n) is 3.29. The standard InChI is InChI=1S/C20H25NO2/c22-13-11-19-9-5-12-21(19)15-18-8-4-10-20(14-18)23-16-17-6-2-1-3-7-17/h1-4,6-8,10,14,19,22H,5,9,11-13,15-16H2/t19-/m0/s1. The van der Waals surface area contributed by atoms with Gasteiger partial charge in [-0.3, -0.25) is 4.90 Å². The zero-order valence-corrected chi connectivity index (χ0v) is 13.5. The van der Waals surface area contributed by atoms with Crippen molar-refractivity contribution in [2.45, 2.75) is 38.5 Å². The Morgan fingerprint density at radius 2 is 1.87 bits per heavy atom. The van der Waals surface area contributed by atoms with Gasteiger partial charge in [-0.1, -0.05) is 42.5 Å². The van der Waals surface area contributed by atoms with E-state index in [1.807, 2.05) is 24.3 Å². The molecule has 0 unspecified atom stereocenters. The Labute approximate surface area is 138 Å². The molecule has 0 saturated carbocycles. The fraction of sp³-hybridized carbons (Fsp3) is 0.400. The first-order valence-electron chi connectivity index (χ1n) is 8.46. The highest BCUT2D eigenvalue weighted by molar-refractivity contribution is 5.29. The van der Waals surface area contributed by atoms with Crippen molar-refractivity contribution in [3.8, 4) is 5.75 Å². The molecule has 1 N–H and O–H groups in total. The van der Waals surface area contributed by atoms with E-state index in [9.17, 15) is 5.11 Å². The van der Waals surface area contributed by atoms with Gasteiger partial charge in [0.15, 0.2) is 0 Å². The van der Waals surface area contributed by atoms with Gasteiger partial charge in [-0.05, 0) is 49.1 Å². The molecule has 0 radical (unpaired) electrons. The summed E-state index contributed by atoms with van der Waals surface area (Å²) in [6.07, 6.45) is 3.31. The van der Waals surface area contributed by atoms with Crippen molar-refractivity contribution in [2.75, 3.05) is 13.2 Å². The first-order chi connectivity index (χ1) is 11.3. The molecule has 0 aromatic heterocycles. The molecule has 0 aliphatic carbocycles. The van der Waals surface area contributed by atoms with E-state index in [2.05, 4.69) is 35.2 Å². The Bertz CT molecular complexity index is 600. The number of hydrogen-bond acceptors (Lipinski definition) is 3. The molecule has 122 valence electrons. The summed E-state index contributed by atoms with van der Waals surface area (Å²) < 4.78 is 5.91. The average Bonchev–Trinajstić information content (AvgIpc) is 3.02. The highest BCUT2D eigenvalue weighted by atomic mass is 16.5. The number of aliphatic hydroxyl groups is 1. The topological polar surface area (TPSA) is 32.7 Å². The van der Waals surface area contributed by atoms with E-state index >= 15 is 0 Å². The van der Waals surface area contributed by atoms with Crippen LogP contribution in [0.25, 0.3) is 0 Å². The van der Waals surface area contributed by atoms with E-state index in [-0.39, 0.29) is 6.61 Å². The summed E-state index contributed by atoms with van der Waals surface area (Å²) in [7, 11) is 0. The predicted octanol–water partition coefficient (Wildman–Crippen LogP) is 3.61. The summed E-state index contributed by atoms with van der Waals surface area (Å²) in [5.41, 5.74) is 2.46. The number of benzene rings is 2. The Hall–Kier alpha value is -1.84. The minimum atomic E-state index is 0.279. The summed E-state index contributed by atoms with van der Waals surface area (Å²) in [4.78, 5) is 2.48. The van der Waals surface area contributed by atoms with E-state index in [1.165, 1.54) is 24.0 Å².